The van der Waals surface area contributed by atoms with Crippen molar-refractivity contribution in [3.63, 3.8) is 0 Å². The van der Waals surface area contributed by atoms with Crippen molar-refractivity contribution in [2.45, 2.75) is 33.9 Å². The minimum absolute atomic E-state index is 0.561. The molecule has 0 fully saturated rings. The van der Waals surface area contributed by atoms with Gasteiger partial charge in [-0.05, 0) is 40.4 Å². The molecule has 0 saturated carbocycles. The van der Waals surface area contributed by atoms with E-state index >= 15 is 0 Å². The lowest BCUT2D eigenvalue weighted by Crippen LogP contribution is -2.13. The van der Waals surface area contributed by atoms with E-state index in [9.17, 15) is 0 Å². The molecule has 0 bridgehead atoms. The van der Waals surface area contributed by atoms with Crippen LogP contribution in [0.5, 0.6) is 0 Å². The second-order valence-corrected chi connectivity index (χ2v) is 5.84. The predicted octanol–water partition coefficient (Wildman–Crippen LogP) is 3.62. The maximum atomic E-state index is 4.31. The van der Waals surface area contributed by atoms with Gasteiger partial charge in [0.1, 0.15) is 12.2 Å². The van der Waals surface area contributed by atoms with Crippen molar-refractivity contribution in [1.82, 2.24) is 14.8 Å². The van der Waals surface area contributed by atoms with Gasteiger partial charge >= 0.3 is 0 Å². The highest BCUT2D eigenvalue weighted by Gasteiger charge is 2.07. The van der Waals surface area contributed by atoms with E-state index in [-0.39, 0.29) is 0 Å². The Labute approximate surface area is 122 Å². The molecular formula is C14H19BrN4. The monoisotopic (exact) mass is 322 g/mol. The zero-order chi connectivity index (χ0) is 13.8. The van der Waals surface area contributed by atoms with E-state index in [1.165, 1.54) is 5.56 Å². The first-order chi connectivity index (χ1) is 9.08. The third-order valence-corrected chi connectivity index (χ3v) is 3.92. The predicted molar refractivity (Wildman–Crippen MR) is 81.1 cm³/mol. The van der Waals surface area contributed by atoms with Crippen LogP contribution >= 0.6 is 15.9 Å². The fraction of sp³-hybridized carbons (Fsp3) is 0.429. The molecule has 1 aromatic heterocycles. The first-order valence-corrected chi connectivity index (χ1v) is 7.23. The Morgan fingerprint density at radius 2 is 2.16 bits per heavy atom. The average Bonchev–Trinajstić information content (AvgIpc) is 2.78. The first-order valence-electron chi connectivity index (χ1n) is 6.43. The van der Waals surface area contributed by atoms with Gasteiger partial charge in [0.05, 0.1) is 6.54 Å². The summed E-state index contributed by atoms with van der Waals surface area (Å²) in [5.74, 6) is 1.52. The number of anilines is 1. The average molecular weight is 323 g/mol. The van der Waals surface area contributed by atoms with Crippen molar-refractivity contribution in [1.29, 1.82) is 0 Å². The van der Waals surface area contributed by atoms with Crippen LogP contribution in [0, 0.1) is 12.8 Å². The quantitative estimate of drug-likeness (QED) is 0.914. The standard InChI is InChI=1S/C14H19BrN4/c1-10(2)8-19-13(17-9-18-19)7-16-12-6-4-5-11(3)14(12)15/h4-6,9-10,16H,7-8H2,1-3H3. The van der Waals surface area contributed by atoms with E-state index in [0.717, 1.165) is 22.5 Å². The van der Waals surface area contributed by atoms with Crippen LogP contribution in [0.1, 0.15) is 25.2 Å². The Morgan fingerprint density at radius 3 is 2.89 bits per heavy atom. The summed E-state index contributed by atoms with van der Waals surface area (Å²) in [5, 5.41) is 7.66. The van der Waals surface area contributed by atoms with Gasteiger partial charge in [-0.2, -0.15) is 5.10 Å². The van der Waals surface area contributed by atoms with Crippen molar-refractivity contribution < 1.29 is 0 Å². The summed E-state index contributed by atoms with van der Waals surface area (Å²) in [7, 11) is 0. The highest BCUT2D eigenvalue weighted by molar-refractivity contribution is 9.10. The number of aromatic nitrogens is 3. The van der Waals surface area contributed by atoms with Crippen LogP contribution in [-0.2, 0) is 13.1 Å². The Morgan fingerprint density at radius 1 is 1.37 bits per heavy atom. The van der Waals surface area contributed by atoms with Gasteiger partial charge in [-0.1, -0.05) is 26.0 Å². The van der Waals surface area contributed by atoms with E-state index < -0.39 is 0 Å². The summed E-state index contributed by atoms with van der Waals surface area (Å²) in [6.45, 7) is 8.00. The minimum Gasteiger partial charge on any atom is -0.377 e. The number of hydrogen-bond acceptors (Lipinski definition) is 3. The van der Waals surface area contributed by atoms with Gasteiger partial charge in [0, 0.05) is 16.7 Å². The van der Waals surface area contributed by atoms with Gasteiger partial charge in [0.15, 0.2) is 0 Å². The summed E-state index contributed by atoms with van der Waals surface area (Å²) in [6, 6.07) is 6.18. The molecular weight excluding hydrogens is 304 g/mol. The van der Waals surface area contributed by atoms with E-state index in [4.69, 9.17) is 0 Å². The summed E-state index contributed by atoms with van der Waals surface area (Å²) in [6.07, 6.45) is 1.62. The molecule has 1 heterocycles. The van der Waals surface area contributed by atoms with Gasteiger partial charge in [-0.3, -0.25) is 0 Å². The van der Waals surface area contributed by atoms with Crippen molar-refractivity contribution in [3.05, 3.63) is 40.4 Å². The maximum Gasteiger partial charge on any atom is 0.146 e. The maximum absolute atomic E-state index is 4.31. The third kappa shape index (κ3) is 3.56. The molecule has 0 aliphatic carbocycles. The molecule has 2 rings (SSSR count). The van der Waals surface area contributed by atoms with Gasteiger partial charge in [-0.25, -0.2) is 9.67 Å². The summed E-state index contributed by atoms with van der Waals surface area (Å²) in [5.41, 5.74) is 2.30. The molecule has 5 heteroatoms. The van der Waals surface area contributed by atoms with Crippen molar-refractivity contribution in [2.75, 3.05) is 5.32 Å². The van der Waals surface area contributed by atoms with Crippen LogP contribution in [0.25, 0.3) is 0 Å². The number of benzene rings is 1. The number of halogens is 1. The smallest absolute Gasteiger partial charge is 0.146 e. The van der Waals surface area contributed by atoms with Crippen LogP contribution in [0.2, 0.25) is 0 Å². The SMILES string of the molecule is Cc1cccc(NCc2ncnn2CC(C)C)c1Br. The van der Waals surface area contributed by atoms with Crippen LogP contribution in [-0.4, -0.2) is 14.8 Å². The number of rotatable bonds is 5. The molecule has 19 heavy (non-hydrogen) atoms. The molecule has 1 N–H and O–H groups in total. The zero-order valence-corrected chi connectivity index (χ0v) is 13.1. The number of hydrogen-bond donors (Lipinski definition) is 1. The number of nitrogens with one attached hydrogen (secondary N) is 1. The van der Waals surface area contributed by atoms with Crippen LogP contribution < -0.4 is 5.32 Å². The van der Waals surface area contributed by atoms with E-state index in [1.807, 2.05) is 10.7 Å². The lowest BCUT2D eigenvalue weighted by molar-refractivity contribution is 0.468. The molecule has 2 aromatic rings. The fourth-order valence-corrected chi connectivity index (χ4v) is 2.29. The first kappa shape index (κ1) is 14.1. The minimum atomic E-state index is 0.561. The number of nitrogens with zero attached hydrogens (tertiary/aromatic N) is 3. The second-order valence-electron chi connectivity index (χ2n) is 5.04. The Bertz CT molecular complexity index is 548. The molecule has 0 aliphatic rings. The Kier molecular flexibility index (Phi) is 4.58. The van der Waals surface area contributed by atoms with Crippen molar-refractivity contribution in [3.8, 4) is 0 Å². The summed E-state index contributed by atoms with van der Waals surface area (Å²) in [4.78, 5) is 4.31. The van der Waals surface area contributed by atoms with Crippen LogP contribution in [0.3, 0.4) is 0 Å². The third-order valence-electron chi connectivity index (χ3n) is 2.86. The van der Waals surface area contributed by atoms with E-state index in [1.54, 1.807) is 6.33 Å². The zero-order valence-electron chi connectivity index (χ0n) is 11.5. The molecule has 102 valence electrons. The lowest BCUT2D eigenvalue weighted by atomic mass is 10.2. The molecule has 0 aliphatic heterocycles. The number of aryl methyl sites for hydroxylation is 1. The van der Waals surface area contributed by atoms with Crippen LogP contribution in [0.15, 0.2) is 29.0 Å². The summed E-state index contributed by atoms with van der Waals surface area (Å²) >= 11 is 3.60. The van der Waals surface area contributed by atoms with E-state index in [0.29, 0.717) is 12.5 Å². The lowest BCUT2D eigenvalue weighted by Gasteiger charge is -2.12. The normalized spacial score (nSPS) is 11.0. The molecule has 1 aromatic carbocycles. The largest absolute Gasteiger partial charge is 0.377 e. The van der Waals surface area contributed by atoms with Crippen LogP contribution in [0.4, 0.5) is 5.69 Å². The molecule has 0 spiro atoms. The highest BCUT2D eigenvalue weighted by Crippen LogP contribution is 2.25. The Balaban J connectivity index is 2.06. The topological polar surface area (TPSA) is 42.7 Å². The Hall–Kier alpha value is -1.36. The molecule has 0 atom stereocenters. The molecule has 0 radical (unpaired) electrons. The van der Waals surface area contributed by atoms with Gasteiger partial charge < -0.3 is 5.32 Å². The molecule has 0 amide bonds. The highest BCUT2D eigenvalue weighted by atomic mass is 79.9. The molecule has 0 unspecified atom stereocenters. The van der Waals surface area contributed by atoms with Crippen molar-refractivity contribution >= 4 is 21.6 Å². The van der Waals surface area contributed by atoms with Gasteiger partial charge in [-0.15, -0.1) is 0 Å². The van der Waals surface area contributed by atoms with Crippen molar-refractivity contribution in [2.24, 2.45) is 5.92 Å². The van der Waals surface area contributed by atoms with E-state index in [2.05, 4.69) is 64.2 Å². The summed E-state index contributed by atoms with van der Waals surface area (Å²) < 4.78 is 3.06. The molecule has 0 saturated heterocycles. The van der Waals surface area contributed by atoms with Gasteiger partial charge in [0.25, 0.3) is 0 Å². The molecule has 4 nitrogen and oxygen atoms in total. The van der Waals surface area contributed by atoms with Gasteiger partial charge in [0.2, 0.25) is 0 Å². The fourth-order valence-electron chi connectivity index (χ4n) is 1.88. The second kappa shape index (κ2) is 6.19.